The molecule has 0 spiro atoms. The van der Waals surface area contributed by atoms with Gasteiger partial charge in [0, 0.05) is 18.8 Å². The van der Waals surface area contributed by atoms with E-state index < -0.39 is 5.97 Å². The average Bonchev–Trinajstić information content (AvgIpc) is 1.82. The van der Waals surface area contributed by atoms with Crippen LogP contribution in [-0.4, -0.2) is 11.8 Å². The molecular weight excluding hydrogens is 167 g/mol. The topological polar surface area (TPSA) is 57.2 Å². The van der Waals surface area contributed by atoms with Crippen LogP contribution in [0.4, 0.5) is 0 Å². The van der Waals surface area contributed by atoms with Crippen LogP contribution in [0, 0.1) is 5.92 Å². The smallest absolute Gasteiger partial charge is 0.550 e. The molecule has 0 aliphatic heterocycles. The molecule has 0 atom stereocenters. The third-order valence-corrected chi connectivity index (χ3v) is 1.24. The molecule has 4 heteroatoms. The molecule has 0 amide bonds. The number of hydrogen-bond acceptors (Lipinski definition) is 3. The van der Waals surface area contributed by atoms with E-state index in [1.54, 1.807) is 0 Å². The number of carboxylic acids is 1. The number of carbonyl (C=O) groups excluding carboxylic acids is 2. The number of aliphatic carboxylic acids is 1. The first-order valence-electron chi connectivity index (χ1n) is 3.74. The Hall–Kier alpha value is 0.140. The van der Waals surface area contributed by atoms with Gasteiger partial charge in [-0.2, -0.15) is 0 Å². The molecule has 0 aliphatic carbocycles. The fraction of sp³-hybridized carbons (Fsp3) is 0.750. The number of Topliss-reactive ketones (excluding diaryl/α,β-unsaturated/α-hetero) is 1. The van der Waals surface area contributed by atoms with Crippen LogP contribution in [0.5, 0.6) is 0 Å². The van der Waals surface area contributed by atoms with Crippen LogP contribution in [0.3, 0.4) is 0 Å². The summed E-state index contributed by atoms with van der Waals surface area (Å²) in [5.41, 5.74) is 0. The normalized spacial score (nSPS) is 9.25. The summed E-state index contributed by atoms with van der Waals surface area (Å²) in [6.07, 6.45) is 0.430. The van der Waals surface area contributed by atoms with E-state index in [1.807, 2.05) is 13.8 Å². The Kier molecular flexibility index (Phi) is 9.49. The molecule has 0 aliphatic rings. The number of hydrogen-bond donors (Lipinski definition) is 0. The summed E-state index contributed by atoms with van der Waals surface area (Å²) in [7, 11) is 0. The maximum absolute atomic E-state index is 10.9. The Labute approximate surface area is 94.8 Å². The molecule has 0 saturated heterocycles. The van der Waals surface area contributed by atoms with Crippen LogP contribution < -0.4 is 34.7 Å². The summed E-state index contributed by atoms with van der Waals surface area (Å²) in [6, 6.07) is 0. The first kappa shape index (κ1) is 14.7. The molecule has 0 aromatic rings. The van der Waals surface area contributed by atoms with E-state index in [0.717, 1.165) is 0 Å². The van der Waals surface area contributed by atoms with Gasteiger partial charge in [-0.15, -0.1) is 0 Å². The van der Waals surface area contributed by atoms with Crippen molar-refractivity contribution in [2.75, 3.05) is 0 Å². The largest absolute Gasteiger partial charge is 1.00 e. The van der Waals surface area contributed by atoms with E-state index in [9.17, 15) is 14.7 Å². The molecule has 0 aromatic carbocycles. The SMILES string of the molecule is CC(C)CC(=O)CCC(=O)[O-].[Na+]. The van der Waals surface area contributed by atoms with Crippen molar-refractivity contribution in [3.63, 3.8) is 0 Å². The van der Waals surface area contributed by atoms with Gasteiger partial charge in [0.15, 0.2) is 0 Å². The Morgan fingerprint density at radius 2 is 1.75 bits per heavy atom. The minimum Gasteiger partial charge on any atom is -0.550 e. The molecule has 0 saturated carbocycles. The van der Waals surface area contributed by atoms with Crippen molar-refractivity contribution in [1.29, 1.82) is 0 Å². The van der Waals surface area contributed by atoms with Gasteiger partial charge in [-0.3, -0.25) is 4.79 Å². The minimum atomic E-state index is -1.15. The van der Waals surface area contributed by atoms with Crippen LogP contribution in [0.25, 0.3) is 0 Å². The molecular formula is C8H13NaO3. The van der Waals surface area contributed by atoms with Crippen molar-refractivity contribution >= 4 is 11.8 Å². The number of rotatable bonds is 5. The van der Waals surface area contributed by atoms with Gasteiger partial charge < -0.3 is 9.90 Å². The van der Waals surface area contributed by atoms with E-state index in [2.05, 4.69) is 0 Å². The monoisotopic (exact) mass is 180 g/mol. The van der Waals surface area contributed by atoms with Gasteiger partial charge in [-0.1, -0.05) is 13.8 Å². The maximum atomic E-state index is 10.9. The van der Waals surface area contributed by atoms with Gasteiger partial charge in [-0.05, 0) is 12.3 Å². The van der Waals surface area contributed by atoms with E-state index in [-0.39, 0.29) is 48.2 Å². The zero-order chi connectivity index (χ0) is 8.85. The van der Waals surface area contributed by atoms with Gasteiger partial charge in [0.05, 0.1) is 0 Å². The fourth-order valence-electron chi connectivity index (χ4n) is 0.799. The first-order chi connectivity index (χ1) is 5.02. The Bertz CT molecular complexity index is 154. The third kappa shape index (κ3) is 10.1. The van der Waals surface area contributed by atoms with E-state index >= 15 is 0 Å². The number of carbonyl (C=O) groups is 2. The van der Waals surface area contributed by atoms with Crippen molar-refractivity contribution in [3.05, 3.63) is 0 Å². The number of ketones is 1. The molecule has 0 rings (SSSR count). The second kappa shape index (κ2) is 7.77. The van der Waals surface area contributed by atoms with Gasteiger partial charge in [0.2, 0.25) is 0 Å². The van der Waals surface area contributed by atoms with Crippen molar-refractivity contribution < 1.29 is 44.3 Å². The average molecular weight is 180 g/mol. The molecule has 0 radical (unpaired) electrons. The maximum Gasteiger partial charge on any atom is 1.00 e. The van der Waals surface area contributed by atoms with E-state index in [0.29, 0.717) is 12.3 Å². The molecule has 0 aromatic heterocycles. The van der Waals surface area contributed by atoms with Gasteiger partial charge in [0.25, 0.3) is 0 Å². The molecule has 12 heavy (non-hydrogen) atoms. The molecule has 0 N–H and O–H groups in total. The van der Waals surface area contributed by atoms with Crippen molar-refractivity contribution in [1.82, 2.24) is 0 Å². The fourth-order valence-corrected chi connectivity index (χ4v) is 0.799. The van der Waals surface area contributed by atoms with Crippen molar-refractivity contribution in [2.24, 2.45) is 5.92 Å². The molecule has 0 fully saturated rings. The molecule has 0 bridgehead atoms. The number of carboxylic acid groups (broad SMARTS) is 1. The molecule has 0 heterocycles. The second-order valence-corrected chi connectivity index (χ2v) is 3.01. The van der Waals surface area contributed by atoms with Crippen LogP contribution in [0.2, 0.25) is 0 Å². The summed E-state index contributed by atoms with van der Waals surface area (Å²) in [6.45, 7) is 3.85. The molecule has 64 valence electrons. The predicted octanol–water partition coefficient (Wildman–Crippen LogP) is -2.86. The van der Waals surface area contributed by atoms with E-state index in [1.165, 1.54) is 0 Å². The van der Waals surface area contributed by atoms with Crippen LogP contribution in [0.1, 0.15) is 33.1 Å². The van der Waals surface area contributed by atoms with Gasteiger partial charge >= 0.3 is 29.6 Å². The standard InChI is InChI=1S/C8H14O3.Na/c1-6(2)5-7(9)3-4-8(10)11;/h6H,3-5H2,1-2H3,(H,10,11);/q;+1/p-1. The summed E-state index contributed by atoms with van der Waals surface area (Å²) < 4.78 is 0. The van der Waals surface area contributed by atoms with Gasteiger partial charge in [0.1, 0.15) is 5.78 Å². The third-order valence-electron chi connectivity index (χ3n) is 1.24. The Balaban J connectivity index is 0. The van der Waals surface area contributed by atoms with Crippen LogP contribution >= 0.6 is 0 Å². The summed E-state index contributed by atoms with van der Waals surface area (Å²) in [5, 5.41) is 9.93. The predicted molar refractivity (Wildman–Crippen MR) is 38.7 cm³/mol. The van der Waals surface area contributed by atoms with Crippen LogP contribution in [0.15, 0.2) is 0 Å². The van der Waals surface area contributed by atoms with Crippen LogP contribution in [-0.2, 0) is 9.59 Å². The summed E-state index contributed by atoms with van der Waals surface area (Å²) in [4.78, 5) is 20.8. The second-order valence-electron chi connectivity index (χ2n) is 3.01. The van der Waals surface area contributed by atoms with Gasteiger partial charge in [-0.25, -0.2) is 0 Å². The Morgan fingerprint density at radius 1 is 1.25 bits per heavy atom. The van der Waals surface area contributed by atoms with E-state index in [4.69, 9.17) is 0 Å². The summed E-state index contributed by atoms with van der Waals surface area (Å²) in [5.74, 6) is -0.837. The quantitative estimate of drug-likeness (QED) is 0.427. The zero-order valence-electron chi connectivity index (χ0n) is 7.92. The van der Waals surface area contributed by atoms with Crippen molar-refractivity contribution in [2.45, 2.75) is 33.1 Å². The summed E-state index contributed by atoms with van der Waals surface area (Å²) >= 11 is 0. The first-order valence-corrected chi connectivity index (χ1v) is 3.74. The Morgan fingerprint density at radius 3 is 2.08 bits per heavy atom. The molecule has 3 nitrogen and oxygen atoms in total. The molecule has 0 unspecified atom stereocenters. The van der Waals surface area contributed by atoms with Crippen molar-refractivity contribution in [3.8, 4) is 0 Å². The zero-order valence-corrected chi connectivity index (χ0v) is 9.92. The minimum absolute atomic E-state index is 0.